The van der Waals surface area contributed by atoms with Gasteiger partial charge in [-0.05, 0) is 30.7 Å². The molecule has 1 atom stereocenters. The van der Waals surface area contributed by atoms with Gasteiger partial charge in [-0.1, -0.05) is 36.2 Å². The fourth-order valence-electron chi connectivity index (χ4n) is 2.66. The highest BCUT2D eigenvalue weighted by Gasteiger charge is 2.32. The Morgan fingerprint density at radius 1 is 1.21 bits per heavy atom. The monoisotopic (exact) mass is 445 g/mol. The van der Waals surface area contributed by atoms with Gasteiger partial charge >= 0.3 is 0 Å². The first-order valence-electron chi connectivity index (χ1n) is 8.03. The summed E-state index contributed by atoms with van der Waals surface area (Å²) in [6.45, 7) is 1.63. The molecule has 8 nitrogen and oxygen atoms in total. The number of nitro groups is 1. The largest absolute Gasteiger partial charge is 0.324 e. The SMILES string of the molecule is CC[C@H](C(=O)Nc1cc(Cl)cc(Cl)c1)N(c1cccc([N+](=O)[O-])c1)S(C)(=O)=O. The van der Waals surface area contributed by atoms with Crippen LogP contribution in [0.25, 0.3) is 0 Å². The molecule has 0 aliphatic heterocycles. The van der Waals surface area contributed by atoms with E-state index in [2.05, 4.69) is 5.32 Å². The van der Waals surface area contributed by atoms with Crippen LogP contribution in [-0.4, -0.2) is 31.5 Å². The van der Waals surface area contributed by atoms with E-state index in [0.29, 0.717) is 15.7 Å². The Kier molecular flexibility index (Phi) is 6.87. The van der Waals surface area contributed by atoms with Gasteiger partial charge in [-0.15, -0.1) is 0 Å². The average molecular weight is 446 g/mol. The average Bonchev–Trinajstić information content (AvgIpc) is 2.57. The van der Waals surface area contributed by atoms with E-state index in [9.17, 15) is 23.3 Å². The Morgan fingerprint density at radius 2 is 1.82 bits per heavy atom. The maximum atomic E-state index is 12.8. The fraction of sp³-hybridized carbons (Fsp3) is 0.235. The molecule has 0 aliphatic rings. The van der Waals surface area contributed by atoms with Crippen LogP contribution in [0.5, 0.6) is 0 Å². The molecule has 0 spiro atoms. The highest BCUT2D eigenvalue weighted by atomic mass is 35.5. The highest BCUT2D eigenvalue weighted by molar-refractivity contribution is 7.92. The smallest absolute Gasteiger partial charge is 0.271 e. The number of nitrogens with zero attached hydrogens (tertiary/aromatic N) is 2. The molecule has 11 heteroatoms. The molecule has 0 radical (unpaired) electrons. The van der Waals surface area contributed by atoms with Crippen molar-refractivity contribution in [3.8, 4) is 0 Å². The molecule has 2 aromatic carbocycles. The number of halogens is 2. The minimum absolute atomic E-state index is 0.0165. The van der Waals surface area contributed by atoms with Crippen LogP contribution in [0.4, 0.5) is 17.1 Å². The van der Waals surface area contributed by atoms with Crippen LogP contribution >= 0.6 is 23.2 Å². The predicted molar refractivity (Wildman–Crippen MR) is 110 cm³/mol. The first-order chi connectivity index (χ1) is 13.0. The Hall–Kier alpha value is -2.36. The summed E-state index contributed by atoms with van der Waals surface area (Å²) < 4.78 is 25.7. The zero-order valence-electron chi connectivity index (χ0n) is 14.9. The molecule has 2 rings (SSSR count). The van der Waals surface area contributed by atoms with Crippen molar-refractivity contribution in [2.75, 3.05) is 15.9 Å². The maximum Gasteiger partial charge on any atom is 0.271 e. The molecular formula is C17H17Cl2N3O5S. The molecule has 0 unspecified atom stereocenters. The summed E-state index contributed by atoms with van der Waals surface area (Å²) in [6, 6.07) is 8.36. The molecule has 0 bridgehead atoms. The molecular weight excluding hydrogens is 429 g/mol. The van der Waals surface area contributed by atoms with E-state index in [1.165, 1.54) is 36.4 Å². The lowest BCUT2D eigenvalue weighted by atomic mass is 10.1. The second-order valence-corrected chi connectivity index (χ2v) is 8.64. The lowest BCUT2D eigenvalue weighted by molar-refractivity contribution is -0.384. The summed E-state index contributed by atoms with van der Waals surface area (Å²) in [4.78, 5) is 23.2. The summed E-state index contributed by atoms with van der Waals surface area (Å²) >= 11 is 11.8. The molecule has 150 valence electrons. The second kappa shape index (κ2) is 8.76. The first-order valence-corrected chi connectivity index (χ1v) is 10.6. The molecule has 0 fully saturated rings. The summed E-state index contributed by atoms with van der Waals surface area (Å²) in [5.41, 5.74) is 0.0271. The number of rotatable bonds is 7. The van der Waals surface area contributed by atoms with Crippen LogP contribution < -0.4 is 9.62 Å². The Morgan fingerprint density at radius 3 is 2.32 bits per heavy atom. The number of nitrogens with one attached hydrogen (secondary N) is 1. The van der Waals surface area contributed by atoms with Gasteiger partial charge in [-0.2, -0.15) is 0 Å². The van der Waals surface area contributed by atoms with Gasteiger partial charge in [0.25, 0.3) is 5.69 Å². The minimum Gasteiger partial charge on any atom is -0.324 e. The van der Waals surface area contributed by atoms with Crippen molar-refractivity contribution in [2.45, 2.75) is 19.4 Å². The molecule has 0 aliphatic carbocycles. The Balaban J connectivity index is 2.44. The molecule has 1 N–H and O–H groups in total. The quantitative estimate of drug-likeness (QED) is 0.509. The number of non-ortho nitro benzene ring substituents is 1. The summed E-state index contributed by atoms with van der Waals surface area (Å²) in [5.74, 6) is -0.627. The van der Waals surface area contributed by atoms with Gasteiger partial charge in [-0.3, -0.25) is 19.2 Å². The van der Waals surface area contributed by atoms with Gasteiger partial charge in [0.05, 0.1) is 16.9 Å². The van der Waals surface area contributed by atoms with Crippen molar-refractivity contribution >= 4 is 56.2 Å². The minimum atomic E-state index is -3.93. The lowest BCUT2D eigenvalue weighted by Crippen LogP contribution is -2.47. The second-order valence-electron chi connectivity index (χ2n) is 5.91. The van der Waals surface area contributed by atoms with Gasteiger partial charge in [0, 0.05) is 27.9 Å². The van der Waals surface area contributed by atoms with Gasteiger partial charge in [0.2, 0.25) is 15.9 Å². The number of anilines is 2. The van der Waals surface area contributed by atoms with E-state index in [4.69, 9.17) is 23.2 Å². The number of hydrogen-bond acceptors (Lipinski definition) is 5. The Bertz CT molecular complexity index is 993. The molecule has 0 saturated heterocycles. The van der Waals surface area contributed by atoms with Gasteiger partial charge < -0.3 is 5.32 Å². The number of carbonyl (C=O) groups excluding carboxylic acids is 1. The van der Waals surface area contributed by atoms with Gasteiger partial charge in [0.1, 0.15) is 6.04 Å². The molecule has 2 aromatic rings. The van der Waals surface area contributed by atoms with E-state index < -0.39 is 26.9 Å². The number of nitro benzene ring substituents is 1. The van der Waals surface area contributed by atoms with Crippen molar-refractivity contribution < 1.29 is 18.1 Å². The molecule has 0 heterocycles. The van der Waals surface area contributed by atoms with Crippen molar-refractivity contribution in [3.63, 3.8) is 0 Å². The topological polar surface area (TPSA) is 110 Å². The summed E-state index contributed by atoms with van der Waals surface area (Å²) in [6.07, 6.45) is 1.05. The number of carbonyl (C=O) groups is 1. The summed E-state index contributed by atoms with van der Waals surface area (Å²) in [5, 5.41) is 14.2. The van der Waals surface area contributed by atoms with Crippen LogP contribution in [0, 0.1) is 10.1 Å². The maximum absolute atomic E-state index is 12.8. The van der Waals surface area contributed by atoms with E-state index in [-0.39, 0.29) is 17.8 Å². The number of amides is 1. The lowest BCUT2D eigenvalue weighted by Gasteiger charge is -2.30. The van der Waals surface area contributed by atoms with Gasteiger partial charge in [-0.25, -0.2) is 8.42 Å². The van der Waals surface area contributed by atoms with Crippen molar-refractivity contribution in [2.24, 2.45) is 0 Å². The third kappa shape index (κ3) is 5.34. The van der Waals surface area contributed by atoms with Crippen LogP contribution in [0.3, 0.4) is 0 Å². The van der Waals surface area contributed by atoms with Crippen molar-refractivity contribution in [1.82, 2.24) is 0 Å². The van der Waals surface area contributed by atoms with Crippen LogP contribution in [0.1, 0.15) is 13.3 Å². The normalized spacial score (nSPS) is 12.3. The van der Waals surface area contributed by atoms with E-state index in [0.717, 1.165) is 16.6 Å². The zero-order chi connectivity index (χ0) is 21.1. The third-order valence-electron chi connectivity index (χ3n) is 3.75. The summed E-state index contributed by atoms with van der Waals surface area (Å²) in [7, 11) is -3.93. The predicted octanol–water partition coefficient (Wildman–Crippen LogP) is 4.08. The van der Waals surface area contributed by atoms with Crippen LogP contribution in [-0.2, 0) is 14.8 Å². The van der Waals surface area contributed by atoms with Crippen molar-refractivity contribution in [3.05, 3.63) is 62.6 Å². The number of benzene rings is 2. The standard InChI is InChI=1S/C17H17Cl2N3O5S/c1-3-16(17(23)20-13-8-11(18)7-12(19)9-13)21(28(2,26)27)14-5-4-6-15(10-14)22(24)25/h4-10,16H,3H2,1-2H3,(H,20,23)/t16-/m1/s1. The first kappa shape index (κ1) is 21.9. The highest BCUT2D eigenvalue weighted by Crippen LogP contribution is 2.28. The fourth-order valence-corrected chi connectivity index (χ4v) is 4.39. The Labute approximate surface area is 172 Å². The number of sulfonamides is 1. The molecule has 1 amide bonds. The van der Waals surface area contributed by atoms with Crippen molar-refractivity contribution in [1.29, 1.82) is 0 Å². The van der Waals surface area contributed by atoms with Gasteiger partial charge in [0.15, 0.2) is 0 Å². The molecule has 0 saturated carbocycles. The van der Waals surface area contributed by atoms with Crippen LogP contribution in [0.15, 0.2) is 42.5 Å². The zero-order valence-corrected chi connectivity index (χ0v) is 17.3. The number of hydrogen-bond donors (Lipinski definition) is 1. The third-order valence-corrected chi connectivity index (χ3v) is 5.37. The molecule has 0 aromatic heterocycles. The molecule has 28 heavy (non-hydrogen) atoms. The van der Waals surface area contributed by atoms with E-state index in [1.54, 1.807) is 6.92 Å². The van der Waals surface area contributed by atoms with Crippen LogP contribution in [0.2, 0.25) is 10.0 Å². The van der Waals surface area contributed by atoms with E-state index in [1.807, 2.05) is 0 Å². The van der Waals surface area contributed by atoms with E-state index >= 15 is 0 Å².